The fourth-order valence-electron chi connectivity index (χ4n) is 4.39. The molecule has 0 spiro atoms. The van der Waals surface area contributed by atoms with Crippen LogP contribution in [0.25, 0.3) is 0 Å². The SMILES string of the molecule is C[C@H]1Cn2ncc(N3CC(COc4ncccn4)CC3=O)c2CN1C(=O)Nc1cc(F)c(F)c(F)c1. The van der Waals surface area contributed by atoms with Crippen LogP contribution in [-0.2, 0) is 17.9 Å². The minimum Gasteiger partial charge on any atom is -0.463 e. The largest absolute Gasteiger partial charge is 0.463 e. The molecule has 1 aromatic carbocycles. The van der Waals surface area contributed by atoms with Crippen LogP contribution in [0.15, 0.2) is 36.8 Å². The Balaban J connectivity index is 1.28. The third-order valence-corrected chi connectivity index (χ3v) is 6.20. The summed E-state index contributed by atoms with van der Waals surface area (Å²) in [5.41, 5.74) is 1.03. The molecule has 3 aromatic rings. The van der Waals surface area contributed by atoms with Crippen molar-refractivity contribution in [3.63, 3.8) is 0 Å². The highest BCUT2D eigenvalue weighted by molar-refractivity contribution is 5.96. The number of hydrogen-bond acceptors (Lipinski definition) is 6. The summed E-state index contributed by atoms with van der Waals surface area (Å²) >= 11 is 0. The van der Waals surface area contributed by atoms with E-state index in [1.54, 1.807) is 41.2 Å². The number of hydrogen-bond donors (Lipinski definition) is 1. The van der Waals surface area contributed by atoms with Gasteiger partial charge in [0.1, 0.15) is 0 Å². The molecule has 3 amide bonds. The Morgan fingerprint density at radius 3 is 2.61 bits per heavy atom. The summed E-state index contributed by atoms with van der Waals surface area (Å²) in [4.78, 5) is 36.8. The average molecular weight is 501 g/mol. The first kappa shape index (κ1) is 23.6. The number of carbonyl (C=O) groups excluding carboxylic acids is 2. The predicted octanol–water partition coefficient (Wildman–Crippen LogP) is 2.96. The Morgan fingerprint density at radius 1 is 1.17 bits per heavy atom. The summed E-state index contributed by atoms with van der Waals surface area (Å²) in [5.74, 6) is -4.59. The van der Waals surface area contributed by atoms with Crippen molar-refractivity contribution in [2.75, 3.05) is 23.4 Å². The van der Waals surface area contributed by atoms with Gasteiger partial charge in [-0.15, -0.1) is 0 Å². The van der Waals surface area contributed by atoms with Gasteiger partial charge in [-0.25, -0.2) is 27.9 Å². The van der Waals surface area contributed by atoms with Gasteiger partial charge in [0.2, 0.25) is 5.91 Å². The quantitative estimate of drug-likeness (QED) is 0.539. The van der Waals surface area contributed by atoms with Gasteiger partial charge in [0, 0.05) is 49.1 Å². The number of carbonyl (C=O) groups is 2. The van der Waals surface area contributed by atoms with E-state index in [1.807, 2.05) is 0 Å². The molecule has 1 N–H and O–H groups in total. The number of rotatable bonds is 5. The molecule has 1 unspecified atom stereocenters. The second-order valence-electron chi connectivity index (χ2n) is 8.74. The molecule has 5 rings (SSSR count). The van der Waals surface area contributed by atoms with Crippen LogP contribution in [0, 0.1) is 23.4 Å². The first-order valence-corrected chi connectivity index (χ1v) is 11.3. The number of halogens is 3. The first-order chi connectivity index (χ1) is 17.3. The Bertz CT molecular complexity index is 1280. The van der Waals surface area contributed by atoms with E-state index in [1.165, 1.54) is 4.90 Å². The number of anilines is 2. The van der Waals surface area contributed by atoms with E-state index >= 15 is 0 Å². The molecule has 0 bridgehead atoms. The van der Waals surface area contributed by atoms with Gasteiger partial charge in [-0.05, 0) is 13.0 Å². The molecule has 4 heterocycles. The van der Waals surface area contributed by atoms with Gasteiger partial charge in [0.15, 0.2) is 17.5 Å². The minimum absolute atomic E-state index is 0.0814. The standard InChI is InChI=1S/C23H22F3N7O3/c1-13-9-33-19(11-31(13)23(35)30-15-6-16(24)21(26)17(25)7-15)18(8-29-33)32-10-14(5-20(32)34)12-36-22-27-3-2-4-28-22/h2-4,6-8,13-14H,5,9-12H2,1H3,(H,30,35)/t13-,14?/m0/s1. The lowest BCUT2D eigenvalue weighted by atomic mass is 10.1. The van der Waals surface area contributed by atoms with Gasteiger partial charge in [0.25, 0.3) is 0 Å². The van der Waals surface area contributed by atoms with Crippen molar-refractivity contribution in [3.8, 4) is 6.01 Å². The third kappa shape index (κ3) is 4.55. The topological polar surface area (TPSA) is 105 Å². The van der Waals surface area contributed by atoms with Crippen molar-refractivity contribution < 1.29 is 27.5 Å². The van der Waals surface area contributed by atoms with Crippen LogP contribution in [-0.4, -0.2) is 55.8 Å². The van der Waals surface area contributed by atoms with Crippen molar-refractivity contribution in [1.29, 1.82) is 0 Å². The number of fused-ring (bicyclic) bond motifs is 1. The zero-order chi connectivity index (χ0) is 25.4. The van der Waals surface area contributed by atoms with Crippen molar-refractivity contribution in [2.45, 2.75) is 32.5 Å². The molecule has 2 aromatic heterocycles. The van der Waals surface area contributed by atoms with E-state index in [2.05, 4.69) is 20.4 Å². The lowest BCUT2D eigenvalue weighted by molar-refractivity contribution is -0.117. The summed E-state index contributed by atoms with van der Waals surface area (Å²) in [6, 6.07) is 2.42. The van der Waals surface area contributed by atoms with E-state index in [0.29, 0.717) is 36.6 Å². The van der Waals surface area contributed by atoms with Crippen molar-refractivity contribution in [2.24, 2.45) is 5.92 Å². The summed E-state index contributed by atoms with van der Waals surface area (Å²) in [5, 5.41) is 6.80. The minimum atomic E-state index is -1.61. The number of nitrogens with one attached hydrogen (secondary N) is 1. The number of urea groups is 1. The van der Waals surface area contributed by atoms with Gasteiger partial charge >= 0.3 is 12.0 Å². The maximum atomic E-state index is 13.6. The Kier molecular flexibility index (Phi) is 6.20. The number of aromatic nitrogens is 4. The van der Waals surface area contributed by atoms with E-state index in [0.717, 1.165) is 0 Å². The van der Waals surface area contributed by atoms with Gasteiger partial charge in [0.05, 0.1) is 43.3 Å². The van der Waals surface area contributed by atoms with Crippen LogP contribution in [0.5, 0.6) is 6.01 Å². The number of amides is 3. The van der Waals surface area contributed by atoms with E-state index < -0.39 is 23.5 Å². The number of nitrogens with zero attached hydrogens (tertiary/aromatic N) is 6. The maximum absolute atomic E-state index is 13.6. The molecule has 36 heavy (non-hydrogen) atoms. The molecule has 0 radical (unpaired) electrons. The lowest BCUT2D eigenvalue weighted by Crippen LogP contribution is -2.47. The summed E-state index contributed by atoms with van der Waals surface area (Å²) < 4.78 is 47.7. The van der Waals surface area contributed by atoms with Gasteiger partial charge in [-0.2, -0.15) is 5.10 Å². The number of benzene rings is 1. The lowest BCUT2D eigenvalue weighted by Gasteiger charge is -2.35. The first-order valence-electron chi connectivity index (χ1n) is 11.3. The molecule has 10 nitrogen and oxygen atoms in total. The molecular weight excluding hydrogens is 479 g/mol. The van der Waals surface area contributed by atoms with Crippen LogP contribution >= 0.6 is 0 Å². The van der Waals surface area contributed by atoms with Crippen LogP contribution in [0.1, 0.15) is 19.0 Å². The molecule has 188 valence electrons. The Morgan fingerprint density at radius 2 is 1.89 bits per heavy atom. The highest BCUT2D eigenvalue weighted by Crippen LogP contribution is 2.32. The summed E-state index contributed by atoms with van der Waals surface area (Å²) in [6.45, 7) is 2.94. The molecule has 0 aliphatic carbocycles. The smallest absolute Gasteiger partial charge is 0.322 e. The molecule has 2 atom stereocenters. The van der Waals surface area contributed by atoms with Gasteiger partial charge < -0.3 is 19.9 Å². The fourth-order valence-corrected chi connectivity index (χ4v) is 4.39. The zero-order valence-corrected chi connectivity index (χ0v) is 19.2. The molecule has 0 saturated carbocycles. The van der Waals surface area contributed by atoms with Crippen LogP contribution < -0.4 is 15.0 Å². The zero-order valence-electron chi connectivity index (χ0n) is 19.2. The normalized spacial score (nSPS) is 19.4. The van der Waals surface area contributed by atoms with Gasteiger partial charge in [-0.1, -0.05) is 0 Å². The van der Waals surface area contributed by atoms with Crippen molar-refractivity contribution in [1.82, 2.24) is 24.6 Å². The molecular formula is C23H22F3N7O3. The highest BCUT2D eigenvalue weighted by Gasteiger charge is 2.36. The molecule has 2 aliphatic heterocycles. The highest BCUT2D eigenvalue weighted by atomic mass is 19.2. The van der Waals surface area contributed by atoms with E-state index in [-0.39, 0.29) is 49.1 Å². The molecule has 1 saturated heterocycles. The summed E-state index contributed by atoms with van der Waals surface area (Å²) in [6.07, 6.45) is 5.01. The monoisotopic (exact) mass is 501 g/mol. The van der Waals surface area contributed by atoms with Crippen molar-refractivity contribution in [3.05, 3.63) is 59.9 Å². The molecule has 13 heteroatoms. The Hall–Kier alpha value is -4.16. The van der Waals surface area contributed by atoms with E-state index in [9.17, 15) is 22.8 Å². The third-order valence-electron chi connectivity index (χ3n) is 6.20. The average Bonchev–Trinajstić information content (AvgIpc) is 3.43. The van der Waals surface area contributed by atoms with Crippen molar-refractivity contribution >= 4 is 23.3 Å². The van der Waals surface area contributed by atoms with Crippen LogP contribution in [0.2, 0.25) is 0 Å². The molecule has 2 aliphatic rings. The summed E-state index contributed by atoms with van der Waals surface area (Å²) in [7, 11) is 0. The van der Waals surface area contributed by atoms with Gasteiger partial charge in [-0.3, -0.25) is 9.48 Å². The molecule has 1 fully saturated rings. The second-order valence-corrected chi connectivity index (χ2v) is 8.74. The van der Waals surface area contributed by atoms with Crippen LogP contribution in [0.4, 0.5) is 29.3 Å². The fraction of sp³-hybridized carbons (Fsp3) is 0.348. The number of ether oxygens (including phenoxy) is 1. The predicted molar refractivity (Wildman–Crippen MR) is 121 cm³/mol. The maximum Gasteiger partial charge on any atom is 0.322 e. The Labute approximate surface area is 203 Å². The van der Waals surface area contributed by atoms with E-state index in [4.69, 9.17) is 4.74 Å². The second kappa shape index (κ2) is 9.47. The van der Waals surface area contributed by atoms with Crippen LogP contribution in [0.3, 0.4) is 0 Å².